The van der Waals surface area contributed by atoms with Crippen molar-refractivity contribution in [3.8, 4) is 0 Å². The van der Waals surface area contributed by atoms with Gasteiger partial charge in [-0.05, 0) is 25.0 Å². The first kappa shape index (κ1) is 11.2. The minimum Gasteiger partial charge on any atom is -0.368 e. The zero-order valence-corrected chi connectivity index (χ0v) is 9.93. The third-order valence-corrected chi connectivity index (χ3v) is 3.11. The second kappa shape index (κ2) is 4.74. The highest BCUT2D eigenvalue weighted by molar-refractivity contribution is 6.01. The maximum Gasteiger partial charge on any atom is 0.253 e. The Hall–Kier alpha value is -1.94. The van der Waals surface area contributed by atoms with E-state index in [2.05, 4.69) is 10.3 Å². The molecule has 1 fully saturated rings. The monoisotopic (exact) mass is 242 g/mol. The standard InChI is InChI=1S/C14H14N2O2/c17-14(12-7-3-9-18-12)16-11-6-1-4-10-5-2-8-15-13(10)11/h1-2,4-6,8,12H,3,7,9H2,(H,16,17)/t12-/m0/s1. The van der Waals surface area contributed by atoms with Crippen LogP contribution in [0.5, 0.6) is 0 Å². The highest BCUT2D eigenvalue weighted by Crippen LogP contribution is 2.22. The Morgan fingerprint density at radius 3 is 3.06 bits per heavy atom. The third kappa shape index (κ3) is 2.07. The molecule has 4 nitrogen and oxygen atoms in total. The van der Waals surface area contributed by atoms with Gasteiger partial charge in [0.2, 0.25) is 0 Å². The van der Waals surface area contributed by atoms with Gasteiger partial charge < -0.3 is 10.1 Å². The summed E-state index contributed by atoms with van der Waals surface area (Å²) >= 11 is 0. The van der Waals surface area contributed by atoms with Crippen molar-refractivity contribution < 1.29 is 9.53 Å². The van der Waals surface area contributed by atoms with Gasteiger partial charge in [-0.15, -0.1) is 0 Å². The van der Waals surface area contributed by atoms with Crippen LogP contribution in [0, 0.1) is 0 Å². The molecule has 0 radical (unpaired) electrons. The molecular weight excluding hydrogens is 228 g/mol. The van der Waals surface area contributed by atoms with Gasteiger partial charge in [-0.2, -0.15) is 0 Å². The Balaban J connectivity index is 1.88. The molecule has 2 aromatic rings. The average Bonchev–Trinajstić information content (AvgIpc) is 2.93. The van der Waals surface area contributed by atoms with Crippen molar-refractivity contribution in [1.82, 2.24) is 4.98 Å². The zero-order valence-electron chi connectivity index (χ0n) is 9.93. The van der Waals surface area contributed by atoms with Crippen LogP contribution >= 0.6 is 0 Å². The number of hydrogen-bond acceptors (Lipinski definition) is 3. The van der Waals surface area contributed by atoms with Crippen molar-refractivity contribution >= 4 is 22.5 Å². The summed E-state index contributed by atoms with van der Waals surface area (Å²) in [5.41, 5.74) is 1.56. The molecule has 1 saturated heterocycles. The van der Waals surface area contributed by atoms with Crippen molar-refractivity contribution in [2.75, 3.05) is 11.9 Å². The minimum absolute atomic E-state index is 0.0781. The van der Waals surface area contributed by atoms with Gasteiger partial charge in [0.25, 0.3) is 5.91 Å². The van der Waals surface area contributed by atoms with E-state index in [9.17, 15) is 4.79 Å². The van der Waals surface area contributed by atoms with Gasteiger partial charge in [-0.1, -0.05) is 18.2 Å². The molecule has 1 atom stereocenters. The van der Waals surface area contributed by atoms with Gasteiger partial charge in [0.05, 0.1) is 11.2 Å². The molecule has 1 aliphatic rings. The number of pyridine rings is 1. The van der Waals surface area contributed by atoms with Gasteiger partial charge in [-0.25, -0.2) is 0 Å². The van der Waals surface area contributed by atoms with E-state index < -0.39 is 0 Å². The highest BCUT2D eigenvalue weighted by atomic mass is 16.5. The SMILES string of the molecule is O=C(Nc1cccc2cccnc12)[C@@H]1CCCO1. The summed E-state index contributed by atoms with van der Waals surface area (Å²) in [6.07, 6.45) is 3.16. The fourth-order valence-electron chi connectivity index (χ4n) is 2.20. The Morgan fingerprint density at radius 1 is 1.33 bits per heavy atom. The number of benzene rings is 1. The molecule has 1 N–H and O–H groups in total. The van der Waals surface area contributed by atoms with E-state index >= 15 is 0 Å². The van der Waals surface area contributed by atoms with E-state index in [0.717, 1.165) is 29.4 Å². The number of rotatable bonds is 2. The van der Waals surface area contributed by atoms with Crippen LogP contribution in [-0.4, -0.2) is 23.6 Å². The molecular formula is C14H14N2O2. The number of carbonyl (C=O) groups is 1. The molecule has 2 heterocycles. The van der Waals surface area contributed by atoms with Gasteiger partial charge in [0.1, 0.15) is 6.10 Å². The summed E-state index contributed by atoms with van der Waals surface area (Å²) in [7, 11) is 0. The Kier molecular flexibility index (Phi) is 2.94. The van der Waals surface area contributed by atoms with Crippen LogP contribution < -0.4 is 5.32 Å². The molecule has 1 aliphatic heterocycles. The summed E-state index contributed by atoms with van der Waals surface area (Å²) in [6, 6.07) is 9.61. The number of aromatic nitrogens is 1. The summed E-state index contributed by atoms with van der Waals surface area (Å²) in [5.74, 6) is -0.0781. The van der Waals surface area contributed by atoms with Crippen LogP contribution in [0.1, 0.15) is 12.8 Å². The largest absolute Gasteiger partial charge is 0.368 e. The highest BCUT2D eigenvalue weighted by Gasteiger charge is 2.23. The normalized spacial score (nSPS) is 19.0. The van der Waals surface area contributed by atoms with E-state index in [4.69, 9.17) is 4.74 Å². The maximum absolute atomic E-state index is 12.0. The Labute approximate surface area is 105 Å². The number of anilines is 1. The number of nitrogens with zero attached hydrogens (tertiary/aromatic N) is 1. The number of fused-ring (bicyclic) bond motifs is 1. The molecule has 18 heavy (non-hydrogen) atoms. The predicted molar refractivity (Wildman–Crippen MR) is 69.3 cm³/mol. The fourth-order valence-corrected chi connectivity index (χ4v) is 2.20. The van der Waals surface area contributed by atoms with E-state index in [1.165, 1.54) is 0 Å². The summed E-state index contributed by atoms with van der Waals surface area (Å²) < 4.78 is 5.37. The summed E-state index contributed by atoms with van der Waals surface area (Å²) in [5, 5.41) is 3.92. The van der Waals surface area contributed by atoms with E-state index in [1.54, 1.807) is 6.20 Å². The number of hydrogen-bond donors (Lipinski definition) is 1. The van der Waals surface area contributed by atoms with Crippen molar-refractivity contribution in [2.45, 2.75) is 18.9 Å². The van der Waals surface area contributed by atoms with Crippen LogP contribution in [0.15, 0.2) is 36.5 Å². The van der Waals surface area contributed by atoms with Crippen LogP contribution in [0.4, 0.5) is 5.69 Å². The minimum atomic E-state index is -0.316. The quantitative estimate of drug-likeness (QED) is 0.879. The van der Waals surface area contributed by atoms with Gasteiger partial charge >= 0.3 is 0 Å². The molecule has 0 saturated carbocycles. The molecule has 0 spiro atoms. The van der Waals surface area contributed by atoms with Crippen LogP contribution in [0.2, 0.25) is 0 Å². The van der Waals surface area contributed by atoms with Gasteiger partial charge in [-0.3, -0.25) is 9.78 Å². The molecule has 1 aromatic heterocycles. The number of nitrogens with one attached hydrogen (secondary N) is 1. The first-order chi connectivity index (χ1) is 8.84. The molecule has 1 aromatic carbocycles. The molecule has 1 amide bonds. The Morgan fingerprint density at radius 2 is 2.22 bits per heavy atom. The third-order valence-electron chi connectivity index (χ3n) is 3.11. The second-order valence-electron chi connectivity index (χ2n) is 4.37. The van der Waals surface area contributed by atoms with E-state index in [0.29, 0.717) is 6.61 Å². The molecule has 92 valence electrons. The lowest BCUT2D eigenvalue weighted by molar-refractivity contribution is -0.124. The lowest BCUT2D eigenvalue weighted by Gasteiger charge is -2.11. The second-order valence-corrected chi connectivity index (χ2v) is 4.37. The van der Waals surface area contributed by atoms with Crippen molar-refractivity contribution in [2.24, 2.45) is 0 Å². The Bertz CT molecular complexity index is 572. The van der Waals surface area contributed by atoms with Crippen molar-refractivity contribution in [1.29, 1.82) is 0 Å². The van der Waals surface area contributed by atoms with Crippen LogP contribution in [0.25, 0.3) is 10.9 Å². The molecule has 0 aliphatic carbocycles. The smallest absolute Gasteiger partial charge is 0.253 e. The molecule has 4 heteroatoms. The fraction of sp³-hybridized carbons (Fsp3) is 0.286. The van der Waals surface area contributed by atoms with Crippen LogP contribution in [0.3, 0.4) is 0 Å². The van der Waals surface area contributed by atoms with Crippen LogP contribution in [-0.2, 0) is 9.53 Å². The van der Waals surface area contributed by atoms with Gasteiger partial charge in [0, 0.05) is 18.2 Å². The summed E-state index contributed by atoms with van der Waals surface area (Å²) in [4.78, 5) is 16.3. The molecule has 3 rings (SSSR count). The zero-order chi connectivity index (χ0) is 12.4. The van der Waals surface area contributed by atoms with E-state index in [1.807, 2.05) is 30.3 Å². The first-order valence-electron chi connectivity index (χ1n) is 6.11. The van der Waals surface area contributed by atoms with Crippen molar-refractivity contribution in [3.63, 3.8) is 0 Å². The summed E-state index contributed by atoms with van der Waals surface area (Å²) in [6.45, 7) is 0.672. The van der Waals surface area contributed by atoms with E-state index in [-0.39, 0.29) is 12.0 Å². The average molecular weight is 242 g/mol. The number of ether oxygens (including phenoxy) is 1. The lowest BCUT2D eigenvalue weighted by atomic mass is 10.1. The lowest BCUT2D eigenvalue weighted by Crippen LogP contribution is -2.26. The molecule has 0 bridgehead atoms. The maximum atomic E-state index is 12.0. The number of para-hydroxylation sites is 1. The van der Waals surface area contributed by atoms with Crippen molar-refractivity contribution in [3.05, 3.63) is 36.5 Å². The molecule has 0 unspecified atom stereocenters. The number of amides is 1. The van der Waals surface area contributed by atoms with Gasteiger partial charge in [0.15, 0.2) is 0 Å². The first-order valence-corrected chi connectivity index (χ1v) is 6.11. The number of carbonyl (C=O) groups excluding carboxylic acids is 1. The predicted octanol–water partition coefficient (Wildman–Crippen LogP) is 2.35. The topological polar surface area (TPSA) is 51.2 Å².